The molecule has 0 aromatic heterocycles. The van der Waals surface area contributed by atoms with Crippen LogP contribution >= 0.6 is 11.8 Å². The highest BCUT2D eigenvalue weighted by molar-refractivity contribution is 7.99. The summed E-state index contributed by atoms with van der Waals surface area (Å²) in [5.74, 6) is 3.53. The number of carbonyl (C=O) groups excluding carboxylic acids is 1. The topological polar surface area (TPSA) is 51.2 Å². The molecule has 0 unspecified atom stereocenters. The van der Waals surface area contributed by atoms with Crippen LogP contribution in [-0.4, -0.2) is 79.0 Å². The number of nitrogens with one attached hydrogen (secondary N) is 1. The van der Waals surface area contributed by atoms with Crippen LogP contribution in [0.2, 0.25) is 0 Å². The summed E-state index contributed by atoms with van der Waals surface area (Å²) < 4.78 is 0. The van der Waals surface area contributed by atoms with Gasteiger partial charge in [-0.2, -0.15) is 11.8 Å². The molecule has 148 valence electrons. The summed E-state index contributed by atoms with van der Waals surface area (Å²) in [6.07, 6.45) is 0. The standard InChI is InChI=1S/C20H31N5OS/c1-3-21-20(25-10-8-23(9-11-25)17(2)26)22-16-18-4-6-19(7-5-18)24-12-14-27-15-13-24/h4-7H,3,8-16H2,1-2H3,(H,21,22). The molecular weight excluding hydrogens is 358 g/mol. The fraction of sp³-hybridized carbons (Fsp3) is 0.600. The minimum absolute atomic E-state index is 0.156. The number of piperazine rings is 1. The molecule has 6 nitrogen and oxygen atoms in total. The van der Waals surface area contributed by atoms with Crippen LogP contribution in [0.3, 0.4) is 0 Å². The third-order valence-electron chi connectivity index (χ3n) is 5.08. The van der Waals surface area contributed by atoms with Crippen LogP contribution in [0.25, 0.3) is 0 Å². The van der Waals surface area contributed by atoms with Crippen LogP contribution in [0.15, 0.2) is 29.3 Å². The average molecular weight is 390 g/mol. The van der Waals surface area contributed by atoms with Gasteiger partial charge in [0.05, 0.1) is 6.54 Å². The van der Waals surface area contributed by atoms with Crippen LogP contribution in [0, 0.1) is 0 Å². The molecule has 0 atom stereocenters. The number of benzene rings is 1. The van der Waals surface area contributed by atoms with E-state index in [0.29, 0.717) is 6.54 Å². The highest BCUT2D eigenvalue weighted by Gasteiger charge is 2.20. The van der Waals surface area contributed by atoms with Crippen LogP contribution < -0.4 is 10.2 Å². The average Bonchev–Trinajstić information content (AvgIpc) is 2.72. The maximum atomic E-state index is 11.5. The van der Waals surface area contributed by atoms with Crippen molar-refractivity contribution in [1.29, 1.82) is 0 Å². The third kappa shape index (κ3) is 5.54. The summed E-state index contributed by atoms with van der Waals surface area (Å²) in [6.45, 7) is 10.7. The van der Waals surface area contributed by atoms with Crippen molar-refractivity contribution in [2.24, 2.45) is 4.99 Å². The summed E-state index contributed by atoms with van der Waals surface area (Å²) in [7, 11) is 0. The monoisotopic (exact) mass is 389 g/mol. The number of carbonyl (C=O) groups is 1. The van der Waals surface area contributed by atoms with Crippen LogP contribution in [0.4, 0.5) is 5.69 Å². The molecule has 2 heterocycles. The number of aliphatic imine (C=N–C) groups is 1. The van der Waals surface area contributed by atoms with E-state index >= 15 is 0 Å². The number of guanidine groups is 1. The normalized spacial score (nSPS) is 18.6. The molecule has 1 N–H and O–H groups in total. The predicted molar refractivity (Wildman–Crippen MR) is 115 cm³/mol. The molecule has 2 saturated heterocycles. The second-order valence-electron chi connectivity index (χ2n) is 6.93. The minimum atomic E-state index is 0.156. The second-order valence-corrected chi connectivity index (χ2v) is 8.15. The Morgan fingerprint density at radius 3 is 2.26 bits per heavy atom. The molecule has 1 aromatic rings. The maximum absolute atomic E-state index is 11.5. The van der Waals surface area contributed by atoms with E-state index in [1.165, 1.54) is 22.8 Å². The summed E-state index contributed by atoms with van der Waals surface area (Å²) in [5, 5.41) is 3.39. The van der Waals surface area contributed by atoms with Gasteiger partial charge in [0.1, 0.15) is 0 Å². The van der Waals surface area contributed by atoms with Crippen LogP contribution in [-0.2, 0) is 11.3 Å². The van der Waals surface area contributed by atoms with Gasteiger partial charge in [-0.25, -0.2) is 4.99 Å². The molecule has 7 heteroatoms. The zero-order valence-electron chi connectivity index (χ0n) is 16.5. The second kappa shape index (κ2) is 9.88. The van der Waals surface area contributed by atoms with Crippen molar-refractivity contribution in [3.63, 3.8) is 0 Å². The Kier molecular flexibility index (Phi) is 7.26. The number of thioether (sulfide) groups is 1. The Morgan fingerprint density at radius 1 is 1.04 bits per heavy atom. The molecule has 2 aliphatic heterocycles. The van der Waals surface area contributed by atoms with Crippen molar-refractivity contribution in [3.8, 4) is 0 Å². The lowest BCUT2D eigenvalue weighted by molar-refractivity contribution is -0.130. The molecular formula is C20H31N5OS. The first-order valence-electron chi connectivity index (χ1n) is 9.88. The fourth-order valence-electron chi connectivity index (χ4n) is 3.46. The lowest BCUT2D eigenvalue weighted by Gasteiger charge is -2.36. The Balaban J connectivity index is 1.58. The quantitative estimate of drug-likeness (QED) is 0.629. The predicted octanol–water partition coefficient (Wildman–Crippen LogP) is 1.87. The van der Waals surface area contributed by atoms with Gasteiger partial charge in [0.15, 0.2) is 5.96 Å². The van der Waals surface area contributed by atoms with Crippen molar-refractivity contribution in [3.05, 3.63) is 29.8 Å². The molecule has 3 rings (SSSR count). The van der Waals surface area contributed by atoms with Gasteiger partial charge in [-0.1, -0.05) is 12.1 Å². The van der Waals surface area contributed by atoms with E-state index in [1.807, 2.05) is 16.7 Å². The molecule has 1 aromatic carbocycles. The molecule has 2 aliphatic rings. The SMILES string of the molecule is CCNC(=NCc1ccc(N2CCSCC2)cc1)N1CCN(C(C)=O)CC1. The van der Waals surface area contributed by atoms with Gasteiger partial charge < -0.3 is 20.0 Å². The number of amides is 1. The minimum Gasteiger partial charge on any atom is -0.370 e. The Morgan fingerprint density at radius 2 is 1.67 bits per heavy atom. The summed E-state index contributed by atoms with van der Waals surface area (Å²) in [6, 6.07) is 8.83. The van der Waals surface area contributed by atoms with Crippen molar-refractivity contribution >= 4 is 29.3 Å². The highest BCUT2D eigenvalue weighted by Crippen LogP contribution is 2.20. The van der Waals surface area contributed by atoms with Crippen molar-refractivity contribution in [2.45, 2.75) is 20.4 Å². The lowest BCUT2D eigenvalue weighted by atomic mass is 10.2. The summed E-state index contributed by atoms with van der Waals surface area (Å²) in [5.41, 5.74) is 2.54. The molecule has 0 spiro atoms. The van der Waals surface area contributed by atoms with E-state index in [0.717, 1.165) is 51.8 Å². The molecule has 0 aliphatic carbocycles. The number of hydrogen-bond donors (Lipinski definition) is 1. The maximum Gasteiger partial charge on any atom is 0.219 e. The smallest absolute Gasteiger partial charge is 0.219 e. The van der Waals surface area contributed by atoms with E-state index in [2.05, 4.69) is 46.3 Å². The zero-order valence-corrected chi connectivity index (χ0v) is 17.3. The van der Waals surface area contributed by atoms with Gasteiger partial charge in [0.2, 0.25) is 5.91 Å². The van der Waals surface area contributed by atoms with E-state index in [4.69, 9.17) is 4.99 Å². The van der Waals surface area contributed by atoms with Gasteiger partial charge in [-0.3, -0.25) is 4.79 Å². The summed E-state index contributed by atoms with van der Waals surface area (Å²) >= 11 is 2.03. The lowest BCUT2D eigenvalue weighted by Crippen LogP contribution is -2.53. The van der Waals surface area contributed by atoms with E-state index in [9.17, 15) is 4.79 Å². The van der Waals surface area contributed by atoms with Crippen molar-refractivity contribution in [2.75, 3.05) is 62.2 Å². The molecule has 27 heavy (non-hydrogen) atoms. The number of rotatable bonds is 4. The first-order valence-corrected chi connectivity index (χ1v) is 11.0. The van der Waals surface area contributed by atoms with Gasteiger partial charge in [0, 0.05) is 69.9 Å². The third-order valence-corrected chi connectivity index (χ3v) is 6.03. The largest absolute Gasteiger partial charge is 0.370 e. The fourth-order valence-corrected chi connectivity index (χ4v) is 4.36. The van der Waals surface area contributed by atoms with Gasteiger partial charge in [0.25, 0.3) is 0 Å². The Labute approximate surface area is 167 Å². The first-order chi connectivity index (χ1) is 13.2. The van der Waals surface area contributed by atoms with E-state index in [1.54, 1.807) is 6.92 Å². The molecule has 1 amide bonds. The number of nitrogens with zero attached hydrogens (tertiary/aromatic N) is 4. The van der Waals surface area contributed by atoms with Crippen LogP contribution in [0.1, 0.15) is 19.4 Å². The molecule has 0 radical (unpaired) electrons. The molecule has 0 bridgehead atoms. The van der Waals surface area contributed by atoms with Crippen molar-refractivity contribution in [1.82, 2.24) is 15.1 Å². The zero-order chi connectivity index (χ0) is 19.1. The summed E-state index contributed by atoms with van der Waals surface area (Å²) in [4.78, 5) is 23.0. The molecule has 0 saturated carbocycles. The molecule has 2 fully saturated rings. The van der Waals surface area contributed by atoms with Gasteiger partial charge in [-0.05, 0) is 24.6 Å². The Bertz CT molecular complexity index is 634. The van der Waals surface area contributed by atoms with Crippen molar-refractivity contribution < 1.29 is 4.79 Å². The van der Waals surface area contributed by atoms with Gasteiger partial charge in [-0.15, -0.1) is 0 Å². The first kappa shape index (κ1) is 19.9. The highest BCUT2D eigenvalue weighted by atomic mass is 32.2. The number of hydrogen-bond acceptors (Lipinski definition) is 4. The van der Waals surface area contributed by atoms with E-state index < -0.39 is 0 Å². The number of anilines is 1. The van der Waals surface area contributed by atoms with Gasteiger partial charge >= 0.3 is 0 Å². The van der Waals surface area contributed by atoms with Crippen LogP contribution in [0.5, 0.6) is 0 Å². The van der Waals surface area contributed by atoms with E-state index in [-0.39, 0.29) is 5.91 Å². The Hall–Kier alpha value is -1.89.